The summed E-state index contributed by atoms with van der Waals surface area (Å²) in [7, 11) is 0. The van der Waals surface area contributed by atoms with Gasteiger partial charge in [0.05, 0.1) is 19.8 Å². The van der Waals surface area contributed by atoms with E-state index in [1.54, 1.807) is 0 Å². The molecule has 0 atom stereocenters. The molecule has 0 heterocycles. The number of halogens is 6. The van der Waals surface area contributed by atoms with Crippen molar-refractivity contribution in [3.63, 3.8) is 0 Å². The maximum atomic E-state index is 11.0. The smallest absolute Gasteiger partial charge is 0.351 e. The van der Waals surface area contributed by atoms with Gasteiger partial charge in [-0.2, -0.15) is 13.2 Å². The van der Waals surface area contributed by atoms with Gasteiger partial charge >= 0.3 is 6.18 Å². The molecule has 0 spiro atoms. The second kappa shape index (κ2) is 17.0. The van der Waals surface area contributed by atoms with Crippen molar-refractivity contribution in [2.75, 3.05) is 26.8 Å². The molecule has 0 aromatic carbocycles. The fourth-order valence-electron chi connectivity index (χ4n) is 0.306. The van der Waals surface area contributed by atoms with Crippen LogP contribution in [0.15, 0.2) is 0 Å². The Morgan fingerprint density at radius 2 is 1.44 bits per heavy atom. The van der Waals surface area contributed by atoms with E-state index in [1.165, 1.54) is 6.92 Å². The molecule has 1 nitrogen and oxygen atoms in total. The van der Waals surface area contributed by atoms with E-state index in [1.807, 2.05) is 6.92 Å². The summed E-state index contributed by atoms with van der Waals surface area (Å²) in [6.45, 7) is 1.73. The van der Waals surface area contributed by atoms with Crippen molar-refractivity contribution >= 4 is 0 Å². The van der Waals surface area contributed by atoms with Crippen molar-refractivity contribution < 1.29 is 31.1 Å². The Hall–Kier alpha value is -0.460. The highest BCUT2D eigenvalue weighted by Crippen LogP contribution is 2.18. The fraction of sp³-hybridized carbons (Fsp3) is 1.00. The van der Waals surface area contributed by atoms with Crippen LogP contribution < -0.4 is 0 Å². The highest BCUT2D eigenvalue weighted by molar-refractivity contribution is 4.45. The number of ether oxygens (including phenoxy) is 1. The van der Waals surface area contributed by atoms with Gasteiger partial charge in [0.1, 0.15) is 0 Å². The zero-order valence-electron chi connectivity index (χ0n) is 9.42. The third-order valence-corrected chi connectivity index (χ3v) is 0.804. The molecule has 0 amide bonds. The second-order valence-corrected chi connectivity index (χ2v) is 2.34. The second-order valence-electron chi connectivity index (χ2n) is 2.34. The lowest BCUT2D eigenvalue weighted by Crippen LogP contribution is -2.07. The number of hydrogen-bond donors (Lipinski definition) is 0. The molecule has 0 aromatic heterocycles. The zero-order chi connectivity index (χ0) is 13.4. The Balaban J connectivity index is -0.000000172. The molecule has 102 valence electrons. The highest BCUT2D eigenvalue weighted by Gasteiger charge is 2.25. The molecule has 0 unspecified atom stereocenters. The Kier molecular flexibility index (Phi) is 22.1. The van der Waals surface area contributed by atoms with Crippen LogP contribution in [0.2, 0.25) is 0 Å². The minimum Gasteiger partial charge on any atom is -0.351 e. The molecule has 0 aliphatic carbocycles. The number of alkyl halides is 6. The predicted octanol–water partition coefficient (Wildman–Crippen LogP) is 4.22. The zero-order valence-corrected chi connectivity index (χ0v) is 9.42. The van der Waals surface area contributed by atoms with Gasteiger partial charge in [-0.05, 0) is 13.3 Å². The molecular weight excluding hydrogens is 238 g/mol. The topological polar surface area (TPSA) is 9.23 Å². The van der Waals surface area contributed by atoms with E-state index in [9.17, 15) is 26.3 Å². The van der Waals surface area contributed by atoms with E-state index in [-0.39, 0.29) is 6.67 Å². The van der Waals surface area contributed by atoms with Gasteiger partial charge in [0.15, 0.2) is 6.86 Å². The molecule has 7 heteroatoms. The summed E-state index contributed by atoms with van der Waals surface area (Å²) in [5, 5.41) is 0. The van der Waals surface area contributed by atoms with Crippen LogP contribution in [-0.4, -0.2) is 33.0 Å². The molecule has 0 fully saturated rings. The standard InChI is InChI=1S/C4H9FO.C3H4F4.C2H5F/c1-2-3-6-4-5;4-2-1-3(5,6)7;1-2-3/h2-4H2,1H3;1-2H2;2H2,1H3. The molecule has 0 N–H and O–H groups in total. The number of rotatable bonds is 4. The van der Waals surface area contributed by atoms with Crippen LogP contribution in [0.4, 0.5) is 26.3 Å². The summed E-state index contributed by atoms with van der Waals surface area (Å²) in [4.78, 5) is 0. The Bertz CT molecular complexity index is 103. The van der Waals surface area contributed by atoms with Gasteiger partial charge in [-0.25, -0.2) is 4.39 Å². The molecular formula is C9H18F6O. The van der Waals surface area contributed by atoms with Gasteiger partial charge in [-0.15, -0.1) is 0 Å². The quantitative estimate of drug-likeness (QED) is 0.540. The van der Waals surface area contributed by atoms with Gasteiger partial charge < -0.3 is 4.74 Å². The Morgan fingerprint density at radius 3 is 1.50 bits per heavy atom. The monoisotopic (exact) mass is 256 g/mol. The molecule has 0 rings (SSSR count). The van der Waals surface area contributed by atoms with Gasteiger partial charge in [0, 0.05) is 6.61 Å². The minimum atomic E-state index is -4.32. The van der Waals surface area contributed by atoms with Crippen LogP contribution in [0.25, 0.3) is 0 Å². The lowest BCUT2D eigenvalue weighted by molar-refractivity contribution is -0.136. The average Bonchev–Trinajstić information content (AvgIpc) is 2.15. The van der Waals surface area contributed by atoms with E-state index in [0.29, 0.717) is 6.61 Å². The van der Waals surface area contributed by atoms with Crippen LogP contribution in [-0.2, 0) is 4.74 Å². The summed E-state index contributed by atoms with van der Waals surface area (Å²) >= 11 is 0. The summed E-state index contributed by atoms with van der Waals surface area (Å²) < 4.78 is 68.8. The van der Waals surface area contributed by atoms with E-state index in [4.69, 9.17) is 0 Å². The van der Waals surface area contributed by atoms with Crippen LogP contribution in [0.3, 0.4) is 0 Å². The van der Waals surface area contributed by atoms with Crippen molar-refractivity contribution in [2.45, 2.75) is 32.9 Å². The third-order valence-electron chi connectivity index (χ3n) is 0.804. The largest absolute Gasteiger partial charge is 0.391 e. The average molecular weight is 256 g/mol. The van der Waals surface area contributed by atoms with E-state index >= 15 is 0 Å². The first-order valence-electron chi connectivity index (χ1n) is 4.71. The molecule has 0 saturated carbocycles. The van der Waals surface area contributed by atoms with Crippen molar-refractivity contribution in [1.29, 1.82) is 0 Å². The number of hydrogen-bond acceptors (Lipinski definition) is 1. The fourth-order valence-corrected chi connectivity index (χ4v) is 0.306. The molecule has 0 aromatic rings. The first-order chi connectivity index (χ1) is 7.39. The van der Waals surface area contributed by atoms with Gasteiger partial charge in [-0.1, -0.05) is 6.92 Å². The van der Waals surface area contributed by atoms with E-state index in [2.05, 4.69) is 4.74 Å². The summed E-state index contributed by atoms with van der Waals surface area (Å²) in [6.07, 6.45) is -4.76. The van der Waals surface area contributed by atoms with Crippen molar-refractivity contribution in [3.8, 4) is 0 Å². The van der Waals surface area contributed by atoms with Crippen LogP contribution in [0, 0.1) is 0 Å². The van der Waals surface area contributed by atoms with E-state index < -0.39 is 26.1 Å². The third kappa shape index (κ3) is 49.8. The minimum absolute atomic E-state index is 0.250. The van der Waals surface area contributed by atoms with Gasteiger partial charge in [0.2, 0.25) is 0 Å². The van der Waals surface area contributed by atoms with Crippen molar-refractivity contribution in [3.05, 3.63) is 0 Å². The van der Waals surface area contributed by atoms with Crippen LogP contribution in [0.1, 0.15) is 26.7 Å². The molecule has 0 aliphatic heterocycles. The summed E-state index contributed by atoms with van der Waals surface area (Å²) in [5.74, 6) is 0. The molecule has 0 saturated heterocycles. The molecule has 0 bridgehead atoms. The molecule has 0 aliphatic rings. The Morgan fingerprint density at radius 1 is 1.00 bits per heavy atom. The van der Waals surface area contributed by atoms with Gasteiger partial charge in [-0.3, -0.25) is 8.78 Å². The first-order valence-corrected chi connectivity index (χ1v) is 4.71. The first kappa shape index (κ1) is 20.9. The van der Waals surface area contributed by atoms with Crippen LogP contribution in [0.5, 0.6) is 0 Å². The molecule has 16 heavy (non-hydrogen) atoms. The SMILES string of the molecule is CCCOCF.CCF.FCCC(F)(F)F. The van der Waals surface area contributed by atoms with E-state index in [0.717, 1.165) is 6.42 Å². The van der Waals surface area contributed by atoms with Gasteiger partial charge in [0.25, 0.3) is 0 Å². The lowest BCUT2D eigenvalue weighted by Gasteiger charge is -1.98. The Labute approximate surface area is 91.8 Å². The van der Waals surface area contributed by atoms with Crippen molar-refractivity contribution in [2.24, 2.45) is 0 Å². The van der Waals surface area contributed by atoms with Crippen molar-refractivity contribution in [1.82, 2.24) is 0 Å². The van der Waals surface area contributed by atoms with Crippen LogP contribution >= 0.6 is 0 Å². The maximum absolute atomic E-state index is 11.0. The normalized spacial score (nSPS) is 9.75. The predicted molar refractivity (Wildman–Crippen MR) is 50.5 cm³/mol. The molecule has 0 radical (unpaired) electrons. The summed E-state index contributed by atoms with van der Waals surface area (Å²) in [6, 6.07) is 0. The maximum Gasteiger partial charge on any atom is 0.391 e. The summed E-state index contributed by atoms with van der Waals surface area (Å²) in [5.41, 5.74) is 0. The highest BCUT2D eigenvalue weighted by atomic mass is 19.4. The lowest BCUT2D eigenvalue weighted by atomic mass is 10.5.